The third-order valence-electron chi connectivity index (χ3n) is 6.96. The molecule has 5 rings (SSSR count). The molecule has 9 nitrogen and oxygen atoms in total. The molecule has 1 aliphatic heterocycles. The number of carbonyl (C=O) groups is 2. The first-order valence-electron chi connectivity index (χ1n) is 12.2. The van der Waals surface area contributed by atoms with Gasteiger partial charge in [0.25, 0.3) is 11.5 Å². The van der Waals surface area contributed by atoms with Crippen LogP contribution in [0.3, 0.4) is 0 Å². The first-order valence-corrected chi connectivity index (χ1v) is 12.2. The molecule has 0 radical (unpaired) electrons. The highest BCUT2D eigenvalue weighted by molar-refractivity contribution is 5.91. The van der Waals surface area contributed by atoms with Gasteiger partial charge in [0.15, 0.2) is 5.76 Å². The zero-order valence-electron chi connectivity index (χ0n) is 20.5. The molecule has 9 heteroatoms. The number of hydrogen-bond donors (Lipinski definition) is 0. The smallest absolute Gasteiger partial charge is 0.289 e. The van der Waals surface area contributed by atoms with E-state index in [9.17, 15) is 14.4 Å². The Balaban J connectivity index is 1.22. The van der Waals surface area contributed by atoms with Crippen molar-refractivity contribution in [1.29, 1.82) is 0 Å². The molecule has 0 saturated carbocycles. The lowest BCUT2D eigenvalue weighted by Gasteiger charge is -2.34. The Kier molecular flexibility index (Phi) is 6.45. The van der Waals surface area contributed by atoms with Crippen LogP contribution in [0, 0.1) is 13.8 Å². The normalized spacial score (nSPS) is 13.9. The molecular weight excluding hydrogens is 458 g/mol. The molecular formula is C27H29N5O4. The van der Waals surface area contributed by atoms with Gasteiger partial charge in [-0.05, 0) is 44.5 Å². The molecule has 2 amide bonds. The molecule has 3 aromatic heterocycles. The van der Waals surface area contributed by atoms with Crippen LogP contribution in [0.25, 0.3) is 16.5 Å². The number of fused-ring (bicyclic) bond motifs is 1. The first-order chi connectivity index (χ1) is 17.5. The van der Waals surface area contributed by atoms with E-state index in [4.69, 9.17) is 4.42 Å². The van der Waals surface area contributed by atoms with Crippen molar-refractivity contribution < 1.29 is 14.0 Å². The highest BCUT2D eigenvalue weighted by atomic mass is 16.3. The van der Waals surface area contributed by atoms with Gasteiger partial charge in [0.2, 0.25) is 5.91 Å². The van der Waals surface area contributed by atoms with Gasteiger partial charge < -0.3 is 18.8 Å². The molecule has 1 fully saturated rings. The summed E-state index contributed by atoms with van der Waals surface area (Å²) in [6.07, 6.45) is 4.30. The molecule has 0 N–H and O–H groups in total. The third-order valence-corrected chi connectivity index (χ3v) is 6.96. The summed E-state index contributed by atoms with van der Waals surface area (Å²) in [6, 6.07) is 12.7. The zero-order chi connectivity index (χ0) is 25.2. The zero-order valence-corrected chi connectivity index (χ0v) is 20.5. The van der Waals surface area contributed by atoms with Crippen molar-refractivity contribution in [3.8, 4) is 5.69 Å². The highest BCUT2D eigenvalue weighted by Crippen LogP contribution is 2.23. The number of carbonyl (C=O) groups excluding carboxylic acids is 2. The largest absolute Gasteiger partial charge is 0.459 e. The van der Waals surface area contributed by atoms with Crippen LogP contribution < -0.4 is 5.56 Å². The van der Waals surface area contributed by atoms with E-state index in [2.05, 4.69) is 9.67 Å². The van der Waals surface area contributed by atoms with Crippen LogP contribution in [0.15, 0.2) is 64.1 Å². The van der Waals surface area contributed by atoms with Gasteiger partial charge in [-0.25, -0.2) is 0 Å². The number of para-hydroxylation sites is 1. The van der Waals surface area contributed by atoms with Crippen molar-refractivity contribution >= 4 is 22.6 Å². The van der Waals surface area contributed by atoms with Gasteiger partial charge in [-0.15, -0.1) is 0 Å². The summed E-state index contributed by atoms with van der Waals surface area (Å²) in [6.45, 7) is 6.59. The summed E-state index contributed by atoms with van der Waals surface area (Å²) >= 11 is 0. The van der Waals surface area contributed by atoms with Gasteiger partial charge in [0, 0.05) is 55.9 Å². The second kappa shape index (κ2) is 9.85. The second-order valence-electron chi connectivity index (χ2n) is 9.06. The van der Waals surface area contributed by atoms with E-state index >= 15 is 0 Å². The number of aryl methyl sites for hydroxylation is 2. The maximum Gasteiger partial charge on any atom is 0.289 e. The van der Waals surface area contributed by atoms with Crippen molar-refractivity contribution in [2.24, 2.45) is 0 Å². The Hall–Kier alpha value is -4.14. The minimum atomic E-state index is -0.143. The van der Waals surface area contributed by atoms with Crippen LogP contribution in [0.5, 0.6) is 0 Å². The van der Waals surface area contributed by atoms with Gasteiger partial charge in [-0.2, -0.15) is 9.78 Å². The highest BCUT2D eigenvalue weighted by Gasteiger charge is 2.26. The Morgan fingerprint density at radius 2 is 1.67 bits per heavy atom. The average Bonchev–Trinajstić information content (AvgIpc) is 3.53. The number of aromatic nitrogens is 3. The lowest BCUT2D eigenvalue weighted by atomic mass is 10.2. The molecule has 1 saturated heterocycles. The monoisotopic (exact) mass is 487 g/mol. The van der Waals surface area contributed by atoms with Crippen molar-refractivity contribution in [3.63, 3.8) is 0 Å². The Bertz CT molecular complexity index is 1450. The lowest BCUT2D eigenvalue weighted by Crippen LogP contribution is -2.50. The number of amides is 2. The molecule has 0 bridgehead atoms. The molecule has 186 valence electrons. The van der Waals surface area contributed by atoms with Gasteiger partial charge >= 0.3 is 0 Å². The van der Waals surface area contributed by atoms with Gasteiger partial charge in [-0.1, -0.05) is 18.2 Å². The first kappa shape index (κ1) is 23.6. The number of piperazine rings is 1. The van der Waals surface area contributed by atoms with Crippen LogP contribution >= 0.6 is 0 Å². The molecule has 0 unspecified atom stereocenters. The minimum Gasteiger partial charge on any atom is -0.459 e. The molecule has 4 heterocycles. The van der Waals surface area contributed by atoms with Crippen molar-refractivity contribution in [1.82, 2.24) is 24.1 Å². The number of nitrogens with zero attached hydrogens (tertiary/aromatic N) is 5. The number of furan rings is 1. The Morgan fingerprint density at radius 1 is 0.944 bits per heavy atom. The molecule has 1 aromatic carbocycles. The topological polar surface area (TPSA) is 93.6 Å². The van der Waals surface area contributed by atoms with Crippen LogP contribution in [0.4, 0.5) is 0 Å². The van der Waals surface area contributed by atoms with Crippen LogP contribution in [0.1, 0.15) is 34.8 Å². The van der Waals surface area contributed by atoms with Crippen LogP contribution in [-0.4, -0.2) is 62.1 Å². The van der Waals surface area contributed by atoms with E-state index in [0.29, 0.717) is 56.7 Å². The summed E-state index contributed by atoms with van der Waals surface area (Å²) in [5.74, 6) is 0.268. The average molecular weight is 488 g/mol. The molecule has 0 spiro atoms. The second-order valence-corrected chi connectivity index (χ2v) is 9.06. The summed E-state index contributed by atoms with van der Waals surface area (Å²) in [5.41, 5.74) is 2.45. The maximum absolute atomic E-state index is 13.2. The van der Waals surface area contributed by atoms with E-state index in [1.807, 2.05) is 49.1 Å². The molecule has 36 heavy (non-hydrogen) atoms. The van der Waals surface area contributed by atoms with E-state index in [0.717, 1.165) is 22.5 Å². The van der Waals surface area contributed by atoms with Crippen molar-refractivity contribution in [3.05, 3.63) is 82.4 Å². The SMILES string of the molecule is Cc1c2cnn(-c3ccccc3)c(=O)c2c(C)n1CCCC(=O)N1CCN(C(=O)c2ccco2)CC1. The standard InChI is InChI=1S/C27H29N5O4/c1-19-22-18-28-32(21-8-4-3-5-9-21)27(35)25(22)20(2)31(19)12-6-11-24(33)29-13-15-30(16-14-29)26(34)23-10-7-17-36-23/h3-5,7-10,17-18H,6,11-16H2,1-2H3. The molecule has 1 aliphatic rings. The van der Waals surface area contributed by atoms with Crippen LogP contribution in [-0.2, 0) is 11.3 Å². The molecule has 0 atom stereocenters. The molecule has 0 aliphatic carbocycles. The predicted molar refractivity (Wildman–Crippen MR) is 135 cm³/mol. The van der Waals surface area contributed by atoms with E-state index in [-0.39, 0.29) is 17.4 Å². The molecule has 4 aromatic rings. The maximum atomic E-state index is 13.2. The van der Waals surface area contributed by atoms with E-state index in [1.54, 1.807) is 23.2 Å². The summed E-state index contributed by atoms with van der Waals surface area (Å²) in [4.78, 5) is 42.0. The van der Waals surface area contributed by atoms with Crippen LogP contribution in [0.2, 0.25) is 0 Å². The fourth-order valence-corrected chi connectivity index (χ4v) is 4.96. The van der Waals surface area contributed by atoms with Gasteiger partial charge in [-0.3, -0.25) is 14.4 Å². The van der Waals surface area contributed by atoms with E-state index in [1.165, 1.54) is 10.9 Å². The third kappa shape index (κ3) is 4.32. The summed E-state index contributed by atoms with van der Waals surface area (Å²) in [5, 5.41) is 5.90. The number of hydrogen-bond acceptors (Lipinski definition) is 5. The Labute approximate surface area is 208 Å². The number of rotatable bonds is 6. The van der Waals surface area contributed by atoms with Gasteiger partial charge in [0.05, 0.1) is 23.5 Å². The predicted octanol–water partition coefficient (Wildman–Crippen LogP) is 3.16. The summed E-state index contributed by atoms with van der Waals surface area (Å²) < 4.78 is 8.73. The Morgan fingerprint density at radius 3 is 2.36 bits per heavy atom. The van der Waals surface area contributed by atoms with E-state index < -0.39 is 0 Å². The summed E-state index contributed by atoms with van der Waals surface area (Å²) in [7, 11) is 0. The van der Waals surface area contributed by atoms with Crippen molar-refractivity contribution in [2.75, 3.05) is 26.2 Å². The minimum absolute atomic E-state index is 0.0835. The lowest BCUT2D eigenvalue weighted by molar-refractivity contribution is -0.132. The quantitative estimate of drug-likeness (QED) is 0.417. The number of benzene rings is 1. The van der Waals surface area contributed by atoms with Gasteiger partial charge in [0.1, 0.15) is 0 Å². The fourth-order valence-electron chi connectivity index (χ4n) is 4.96. The fraction of sp³-hybridized carbons (Fsp3) is 0.333. The van der Waals surface area contributed by atoms with Crippen molar-refractivity contribution in [2.45, 2.75) is 33.2 Å².